The van der Waals surface area contributed by atoms with E-state index in [0.717, 1.165) is 16.9 Å². The maximum absolute atomic E-state index is 6.20. The van der Waals surface area contributed by atoms with Gasteiger partial charge in [0.25, 0.3) is 0 Å². The molecule has 6 nitrogen and oxygen atoms in total. The number of imidazole rings is 1. The van der Waals surface area contributed by atoms with E-state index in [1.807, 2.05) is 36.0 Å². The summed E-state index contributed by atoms with van der Waals surface area (Å²) in [7, 11) is 1.92. The molecular formula is C12H13ClN6. The van der Waals surface area contributed by atoms with Crippen LogP contribution in [0.25, 0.3) is 22.6 Å². The van der Waals surface area contributed by atoms with Gasteiger partial charge in [0, 0.05) is 13.6 Å². The molecule has 3 aromatic rings. The highest BCUT2D eigenvalue weighted by molar-refractivity contribution is 6.35. The van der Waals surface area contributed by atoms with Crippen LogP contribution in [0.4, 0.5) is 0 Å². The van der Waals surface area contributed by atoms with E-state index < -0.39 is 0 Å². The van der Waals surface area contributed by atoms with Gasteiger partial charge in [-0.05, 0) is 12.1 Å². The Labute approximate surface area is 114 Å². The summed E-state index contributed by atoms with van der Waals surface area (Å²) in [6, 6.07) is 5.66. The minimum absolute atomic E-state index is 0.525. The van der Waals surface area contributed by atoms with Gasteiger partial charge in [0.2, 0.25) is 0 Å². The van der Waals surface area contributed by atoms with Gasteiger partial charge in [0.1, 0.15) is 5.69 Å². The number of fused-ring (bicyclic) bond motifs is 1. The van der Waals surface area contributed by atoms with Crippen molar-refractivity contribution >= 4 is 22.6 Å². The molecule has 0 aliphatic carbocycles. The summed E-state index contributed by atoms with van der Waals surface area (Å²) >= 11 is 6.20. The van der Waals surface area contributed by atoms with E-state index in [-0.39, 0.29) is 0 Å². The van der Waals surface area contributed by atoms with E-state index in [2.05, 4.69) is 15.3 Å². The second-order valence-corrected chi connectivity index (χ2v) is 4.66. The Morgan fingerprint density at radius 2 is 2.21 bits per heavy atom. The lowest BCUT2D eigenvalue weighted by Crippen LogP contribution is -2.10. The van der Waals surface area contributed by atoms with E-state index in [9.17, 15) is 0 Å². The third kappa shape index (κ3) is 1.98. The summed E-state index contributed by atoms with van der Waals surface area (Å²) in [5.41, 5.74) is 7.95. The van der Waals surface area contributed by atoms with Gasteiger partial charge >= 0.3 is 0 Å². The molecule has 0 saturated heterocycles. The predicted octanol–water partition coefficient (Wildman–Crippen LogP) is 1.44. The van der Waals surface area contributed by atoms with Crippen LogP contribution in [0.5, 0.6) is 0 Å². The molecule has 0 saturated carbocycles. The largest absolute Gasteiger partial charge is 0.329 e. The van der Waals surface area contributed by atoms with E-state index in [1.54, 1.807) is 4.68 Å². The van der Waals surface area contributed by atoms with Crippen molar-refractivity contribution in [3.63, 3.8) is 0 Å². The first-order chi connectivity index (χ1) is 9.20. The maximum Gasteiger partial charge on any atom is 0.163 e. The lowest BCUT2D eigenvalue weighted by molar-refractivity contribution is 0.598. The average molecular weight is 277 g/mol. The van der Waals surface area contributed by atoms with Gasteiger partial charge in [0.05, 0.1) is 28.8 Å². The first-order valence-electron chi connectivity index (χ1n) is 5.92. The summed E-state index contributed by atoms with van der Waals surface area (Å²) in [6.07, 6.45) is 1.84. The predicted molar refractivity (Wildman–Crippen MR) is 73.8 cm³/mol. The molecule has 7 heteroatoms. The van der Waals surface area contributed by atoms with Crippen LogP contribution >= 0.6 is 11.6 Å². The summed E-state index contributed by atoms with van der Waals surface area (Å²) < 4.78 is 3.63. The fourth-order valence-corrected chi connectivity index (χ4v) is 2.39. The Kier molecular flexibility index (Phi) is 2.96. The molecule has 0 unspecified atom stereocenters. The van der Waals surface area contributed by atoms with E-state index in [4.69, 9.17) is 17.3 Å². The molecule has 98 valence electrons. The minimum atomic E-state index is 0.525. The molecular weight excluding hydrogens is 264 g/mol. The lowest BCUT2D eigenvalue weighted by atomic mass is 10.3. The van der Waals surface area contributed by atoms with Crippen molar-refractivity contribution in [2.24, 2.45) is 12.8 Å². The molecule has 1 aromatic carbocycles. The van der Waals surface area contributed by atoms with Crippen LogP contribution in [0.1, 0.15) is 0 Å². The molecule has 0 bridgehead atoms. The van der Waals surface area contributed by atoms with Gasteiger partial charge in [-0.2, -0.15) is 0 Å². The van der Waals surface area contributed by atoms with Crippen LogP contribution in [-0.2, 0) is 13.6 Å². The topological polar surface area (TPSA) is 74.5 Å². The molecule has 2 N–H and O–H groups in total. The highest BCUT2D eigenvalue weighted by Crippen LogP contribution is 2.27. The Morgan fingerprint density at radius 1 is 1.37 bits per heavy atom. The minimum Gasteiger partial charge on any atom is -0.329 e. The molecule has 2 heterocycles. The summed E-state index contributed by atoms with van der Waals surface area (Å²) in [6.45, 7) is 1.16. The number of benzene rings is 1. The van der Waals surface area contributed by atoms with Crippen molar-refractivity contribution in [2.75, 3.05) is 6.54 Å². The van der Waals surface area contributed by atoms with Gasteiger partial charge in [-0.1, -0.05) is 22.9 Å². The van der Waals surface area contributed by atoms with Crippen LogP contribution in [-0.4, -0.2) is 31.1 Å². The van der Waals surface area contributed by atoms with Gasteiger partial charge in [-0.25, -0.2) is 4.98 Å². The van der Waals surface area contributed by atoms with E-state index in [0.29, 0.717) is 23.8 Å². The zero-order valence-electron chi connectivity index (χ0n) is 10.4. The number of rotatable bonds is 3. The average Bonchev–Trinajstić information content (AvgIpc) is 2.96. The molecule has 0 atom stereocenters. The monoisotopic (exact) mass is 276 g/mol. The lowest BCUT2D eigenvalue weighted by Gasteiger charge is -1.99. The van der Waals surface area contributed by atoms with Crippen LogP contribution in [0, 0.1) is 0 Å². The van der Waals surface area contributed by atoms with Crippen LogP contribution in [0.3, 0.4) is 0 Å². The summed E-state index contributed by atoms with van der Waals surface area (Å²) in [5.74, 6) is 0.742. The molecule has 0 spiro atoms. The molecule has 2 aromatic heterocycles. The Hall–Kier alpha value is -1.92. The molecule has 0 amide bonds. The zero-order chi connectivity index (χ0) is 13.4. The van der Waals surface area contributed by atoms with Crippen molar-refractivity contribution in [3.8, 4) is 11.5 Å². The van der Waals surface area contributed by atoms with Crippen LogP contribution < -0.4 is 5.73 Å². The van der Waals surface area contributed by atoms with Gasteiger partial charge < -0.3 is 10.3 Å². The van der Waals surface area contributed by atoms with Gasteiger partial charge in [0.15, 0.2) is 5.82 Å². The zero-order valence-corrected chi connectivity index (χ0v) is 11.2. The highest BCUT2D eigenvalue weighted by atomic mass is 35.5. The highest BCUT2D eigenvalue weighted by Gasteiger charge is 2.14. The number of nitrogens with zero attached hydrogens (tertiary/aromatic N) is 5. The fourth-order valence-electron chi connectivity index (χ4n) is 2.09. The van der Waals surface area contributed by atoms with Crippen molar-refractivity contribution in [3.05, 3.63) is 29.4 Å². The van der Waals surface area contributed by atoms with Crippen molar-refractivity contribution in [1.82, 2.24) is 24.5 Å². The van der Waals surface area contributed by atoms with Crippen molar-refractivity contribution in [2.45, 2.75) is 6.54 Å². The first kappa shape index (κ1) is 12.1. The Morgan fingerprint density at radius 3 is 2.95 bits per heavy atom. The summed E-state index contributed by atoms with van der Waals surface area (Å²) in [5, 5.41) is 8.81. The van der Waals surface area contributed by atoms with Gasteiger partial charge in [-0.3, -0.25) is 4.68 Å². The third-order valence-corrected chi connectivity index (χ3v) is 3.28. The fraction of sp³-hybridized carbons (Fsp3) is 0.250. The maximum atomic E-state index is 6.20. The number of hydrogen-bond donors (Lipinski definition) is 1. The van der Waals surface area contributed by atoms with Crippen LogP contribution in [0.15, 0.2) is 24.4 Å². The van der Waals surface area contributed by atoms with Gasteiger partial charge in [-0.15, -0.1) is 5.10 Å². The third-order valence-electron chi connectivity index (χ3n) is 2.97. The number of hydrogen-bond acceptors (Lipinski definition) is 4. The first-order valence-corrected chi connectivity index (χ1v) is 6.30. The molecule has 3 rings (SSSR count). The molecule has 0 radical (unpaired) electrons. The normalized spacial score (nSPS) is 11.3. The van der Waals surface area contributed by atoms with E-state index >= 15 is 0 Å². The SMILES string of the molecule is Cn1c(-c2cn(CCN)nn2)nc2cccc(Cl)c21. The van der Waals surface area contributed by atoms with E-state index in [1.165, 1.54) is 0 Å². The number of nitrogens with two attached hydrogens (primary N) is 1. The molecule has 0 aliphatic heterocycles. The Balaban J connectivity index is 2.14. The molecule has 0 aliphatic rings. The number of halogens is 1. The van der Waals surface area contributed by atoms with Crippen LogP contribution in [0.2, 0.25) is 5.02 Å². The summed E-state index contributed by atoms with van der Waals surface area (Å²) in [4.78, 5) is 4.55. The smallest absolute Gasteiger partial charge is 0.163 e. The molecule has 19 heavy (non-hydrogen) atoms. The second kappa shape index (κ2) is 4.64. The number of aryl methyl sites for hydroxylation is 1. The van der Waals surface area contributed by atoms with Crippen molar-refractivity contribution < 1.29 is 0 Å². The van der Waals surface area contributed by atoms with Crippen molar-refractivity contribution in [1.29, 1.82) is 0 Å². The second-order valence-electron chi connectivity index (χ2n) is 4.26. The Bertz CT molecular complexity index is 729. The molecule has 0 fully saturated rings. The number of aromatic nitrogens is 5. The standard InChI is InChI=1S/C12H13ClN6/c1-18-11-8(13)3-2-4-9(11)15-12(18)10-7-19(6-5-14)17-16-10/h2-4,7H,5-6,14H2,1H3. The number of para-hydroxylation sites is 1. The quantitative estimate of drug-likeness (QED) is 0.786.